The van der Waals surface area contributed by atoms with E-state index in [2.05, 4.69) is 15.6 Å². The first kappa shape index (κ1) is 19.3. The Bertz CT molecular complexity index is 1000. The van der Waals surface area contributed by atoms with Crippen molar-refractivity contribution in [1.82, 2.24) is 19.8 Å². The third-order valence-electron chi connectivity index (χ3n) is 4.29. The maximum absolute atomic E-state index is 12.8. The first-order valence-corrected chi connectivity index (χ1v) is 8.87. The lowest BCUT2D eigenvalue weighted by Gasteiger charge is -2.17. The molecule has 3 aromatic rings. The number of carbonyl (C=O) groups is 2. The van der Waals surface area contributed by atoms with Crippen LogP contribution in [0.4, 0.5) is 5.69 Å². The monoisotopic (exact) mass is 381 g/mol. The van der Waals surface area contributed by atoms with Crippen LogP contribution in [-0.4, -0.2) is 38.7 Å². The Morgan fingerprint density at radius 3 is 2.68 bits per heavy atom. The van der Waals surface area contributed by atoms with Crippen LogP contribution in [0.5, 0.6) is 0 Å². The fourth-order valence-corrected chi connectivity index (χ4v) is 2.86. The number of benzene rings is 1. The normalized spacial score (nSPS) is 10.7. The van der Waals surface area contributed by atoms with E-state index < -0.39 is 0 Å². The Morgan fingerprint density at radius 2 is 2.04 bits per heavy atom. The summed E-state index contributed by atoms with van der Waals surface area (Å²) >= 11 is 0. The predicted molar refractivity (Wildman–Crippen MR) is 104 cm³/mol. The van der Waals surface area contributed by atoms with Crippen LogP contribution in [0.1, 0.15) is 32.9 Å². The molecule has 2 amide bonds. The summed E-state index contributed by atoms with van der Waals surface area (Å²) in [5.74, 6) is 0.133. The van der Waals surface area contributed by atoms with Gasteiger partial charge in [-0.25, -0.2) is 0 Å². The summed E-state index contributed by atoms with van der Waals surface area (Å²) < 4.78 is 6.77. The molecule has 2 aromatic heterocycles. The van der Waals surface area contributed by atoms with E-state index in [1.165, 1.54) is 0 Å². The van der Waals surface area contributed by atoms with Crippen molar-refractivity contribution in [2.24, 2.45) is 7.05 Å². The Kier molecular flexibility index (Phi) is 5.58. The highest BCUT2D eigenvalue weighted by atomic mass is 16.5. The average Bonchev–Trinajstić information content (AvgIpc) is 3.24. The van der Waals surface area contributed by atoms with Crippen molar-refractivity contribution in [2.75, 3.05) is 12.4 Å². The molecule has 146 valence electrons. The smallest absolute Gasteiger partial charge is 0.253 e. The molecule has 0 saturated carbocycles. The van der Waals surface area contributed by atoms with Gasteiger partial charge >= 0.3 is 0 Å². The van der Waals surface area contributed by atoms with Crippen molar-refractivity contribution < 1.29 is 14.1 Å². The van der Waals surface area contributed by atoms with Crippen LogP contribution in [0, 0.1) is 13.8 Å². The number of nitrogens with one attached hydrogen (secondary N) is 1. The quantitative estimate of drug-likeness (QED) is 0.708. The molecule has 0 fully saturated rings. The molecule has 28 heavy (non-hydrogen) atoms. The maximum Gasteiger partial charge on any atom is 0.253 e. The van der Waals surface area contributed by atoms with Crippen LogP contribution in [0.25, 0.3) is 0 Å². The van der Waals surface area contributed by atoms with Crippen LogP contribution in [0.15, 0.2) is 41.2 Å². The lowest BCUT2D eigenvalue weighted by atomic mass is 10.1. The van der Waals surface area contributed by atoms with Gasteiger partial charge in [-0.1, -0.05) is 11.2 Å². The molecule has 0 aliphatic rings. The second-order valence-electron chi connectivity index (χ2n) is 6.87. The molecule has 0 aliphatic carbocycles. The molecule has 2 heterocycles. The number of rotatable bonds is 6. The largest absolute Gasteiger partial charge is 0.361 e. The number of amides is 2. The van der Waals surface area contributed by atoms with Crippen molar-refractivity contribution >= 4 is 17.5 Å². The van der Waals surface area contributed by atoms with E-state index in [9.17, 15) is 9.59 Å². The van der Waals surface area contributed by atoms with Gasteiger partial charge in [-0.15, -0.1) is 0 Å². The van der Waals surface area contributed by atoms with E-state index >= 15 is 0 Å². The molecule has 0 radical (unpaired) electrons. The second-order valence-corrected chi connectivity index (χ2v) is 6.87. The fraction of sp³-hybridized carbons (Fsp3) is 0.300. The fourth-order valence-electron chi connectivity index (χ4n) is 2.86. The van der Waals surface area contributed by atoms with Crippen molar-refractivity contribution in [2.45, 2.75) is 26.8 Å². The van der Waals surface area contributed by atoms with Gasteiger partial charge in [-0.05, 0) is 31.5 Å². The summed E-state index contributed by atoms with van der Waals surface area (Å²) in [5.41, 5.74) is 3.64. The molecular formula is C20H23N5O3. The van der Waals surface area contributed by atoms with Gasteiger partial charge in [0.1, 0.15) is 5.76 Å². The van der Waals surface area contributed by atoms with Gasteiger partial charge in [0.05, 0.1) is 18.3 Å². The van der Waals surface area contributed by atoms with E-state index in [4.69, 9.17) is 4.52 Å². The molecule has 0 saturated heterocycles. The van der Waals surface area contributed by atoms with E-state index in [1.54, 1.807) is 47.9 Å². The highest BCUT2D eigenvalue weighted by Gasteiger charge is 2.16. The van der Waals surface area contributed by atoms with E-state index in [0.717, 1.165) is 16.8 Å². The van der Waals surface area contributed by atoms with Crippen LogP contribution in [0.2, 0.25) is 0 Å². The zero-order valence-electron chi connectivity index (χ0n) is 16.4. The molecule has 8 heteroatoms. The highest BCUT2D eigenvalue weighted by molar-refractivity contribution is 5.98. The maximum atomic E-state index is 12.8. The standard InChI is InChI=1S/C20H23N5O3/c1-13-5-6-16(20(27)24(3)11-15-10-21-25(4)12-15)8-18(13)22-19(26)9-17-7-14(2)23-28-17/h5-8,10,12H,9,11H2,1-4H3,(H,22,26). The zero-order valence-corrected chi connectivity index (χ0v) is 16.4. The van der Waals surface area contributed by atoms with Gasteiger partial charge < -0.3 is 14.7 Å². The van der Waals surface area contributed by atoms with E-state index in [1.807, 2.05) is 26.2 Å². The van der Waals surface area contributed by atoms with Crippen molar-refractivity contribution in [1.29, 1.82) is 0 Å². The second kappa shape index (κ2) is 8.08. The molecule has 0 atom stereocenters. The Hall–Kier alpha value is -3.42. The van der Waals surface area contributed by atoms with Crippen molar-refractivity contribution in [3.05, 3.63) is 64.8 Å². The third-order valence-corrected chi connectivity index (χ3v) is 4.29. The Morgan fingerprint density at radius 1 is 1.25 bits per heavy atom. The van der Waals surface area contributed by atoms with Gasteiger partial charge in [0.25, 0.3) is 5.91 Å². The molecular weight excluding hydrogens is 358 g/mol. The molecule has 0 bridgehead atoms. The Labute approximate surface area is 163 Å². The van der Waals surface area contributed by atoms with Gasteiger partial charge in [0.15, 0.2) is 0 Å². The lowest BCUT2D eigenvalue weighted by molar-refractivity contribution is -0.115. The topological polar surface area (TPSA) is 93.3 Å². The summed E-state index contributed by atoms with van der Waals surface area (Å²) in [6.07, 6.45) is 3.69. The average molecular weight is 381 g/mol. The summed E-state index contributed by atoms with van der Waals surface area (Å²) in [6.45, 7) is 4.13. The SMILES string of the molecule is Cc1cc(CC(=O)Nc2cc(C(=O)N(C)Cc3cnn(C)c3)ccc2C)on1. The summed E-state index contributed by atoms with van der Waals surface area (Å²) in [4.78, 5) is 26.7. The minimum atomic E-state index is -0.229. The third kappa shape index (κ3) is 4.64. The van der Waals surface area contributed by atoms with E-state index in [0.29, 0.717) is 23.6 Å². The molecule has 3 rings (SSSR count). The molecule has 8 nitrogen and oxygen atoms in total. The van der Waals surface area contributed by atoms with Crippen molar-refractivity contribution in [3.63, 3.8) is 0 Å². The summed E-state index contributed by atoms with van der Waals surface area (Å²) in [7, 11) is 3.57. The number of carbonyl (C=O) groups excluding carboxylic acids is 2. The molecule has 1 N–H and O–H groups in total. The number of nitrogens with zero attached hydrogens (tertiary/aromatic N) is 4. The molecule has 1 aromatic carbocycles. The Balaban J connectivity index is 1.69. The summed E-state index contributed by atoms with van der Waals surface area (Å²) in [6, 6.07) is 6.99. The van der Waals surface area contributed by atoms with Crippen LogP contribution in [0.3, 0.4) is 0 Å². The highest BCUT2D eigenvalue weighted by Crippen LogP contribution is 2.19. The van der Waals surface area contributed by atoms with Gasteiger partial charge in [0, 0.05) is 49.7 Å². The van der Waals surface area contributed by atoms with Crippen molar-refractivity contribution in [3.8, 4) is 0 Å². The predicted octanol–water partition coefficient (Wildman–Crippen LogP) is 2.48. The first-order chi connectivity index (χ1) is 13.3. The minimum Gasteiger partial charge on any atom is -0.361 e. The van der Waals surface area contributed by atoms with Gasteiger partial charge in [0.2, 0.25) is 5.91 Å². The first-order valence-electron chi connectivity index (χ1n) is 8.87. The van der Waals surface area contributed by atoms with Gasteiger partial charge in [-0.2, -0.15) is 5.10 Å². The zero-order chi connectivity index (χ0) is 20.3. The number of hydrogen-bond donors (Lipinski definition) is 1. The van der Waals surface area contributed by atoms with Crippen LogP contribution in [-0.2, 0) is 24.8 Å². The number of anilines is 1. The van der Waals surface area contributed by atoms with Crippen LogP contribution >= 0.6 is 0 Å². The van der Waals surface area contributed by atoms with Crippen LogP contribution < -0.4 is 5.32 Å². The number of aromatic nitrogens is 3. The molecule has 0 unspecified atom stereocenters. The molecule has 0 aliphatic heterocycles. The minimum absolute atomic E-state index is 0.0827. The number of hydrogen-bond acceptors (Lipinski definition) is 5. The molecule has 0 spiro atoms. The summed E-state index contributed by atoms with van der Waals surface area (Å²) in [5, 5.41) is 10.7. The number of aryl methyl sites for hydroxylation is 3. The lowest BCUT2D eigenvalue weighted by Crippen LogP contribution is -2.26. The van der Waals surface area contributed by atoms with E-state index in [-0.39, 0.29) is 18.2 Å². The van der Waals surface area contributed by atoms with Gasteiger partial charge in [-0.3, -0.25) is 14.3 Å².